The zero-order valence-corrected chi connectivity index (χ0v) is 15.2. The van der Waals surface area contributed by atoms with Crippen LogP contribution in [0.2, 0.25) is 0 Å². The molecule has 2 aliphatic rings. The van der Waals surface area contributed by atoms with Crippen molar-refractivity contribution in [2.24, 2.45) is 5.92 Å². The molecule has 2 heteroatoms. The van der Waals surface area contributed by atoms with E-state index in [9.17, 15) is 0 Å². The maximum absolute atomic E-state index is 5.94. The lowest BCUT2D eigenvalue weighted by atomic mass is 9.76. The van der Waals surface area contributed by atoms with E-state index in [1.807, 2.05) is 0 Å². The molecule has 1 aliphatic carbocycles. The Kier molecular flexibility index (Phi) is 5.31. The number of nitrogens with zero attached hydrogens (tertiary/aromatic N) is 1. The summed E-state index contributed by atoms with van der Waals surface area (Å²) in [6.07, 6.45) is 8.45. The molecule has 128 valence electrons. The summed E-state index contributed by atoms with van der Waals surface area (Å²) in [4.78, 5) is 2.73. The lowest BCUT2D eigenvalue weighted by Crippen LogP contribution is -2.35. The van der Waals surface area contributed by atoms with E-state index in [4.69, 9.17) is 4.74 Å². The van der Waals surface area contributed by atoms with Gasteiger partial charge in [-0.25, -0.2) is 0 Å². The van der Waals surface area contributed by atoms with E-state index in [-0.39, 0.29) is 6.10 Å². The Morgan fingerprint density at radius 1 is 1.30 bits per heavy atom. The van der Waals surface area contributed by atoms with Crippen LogP contribution in [0.15, 0.2) is 24.3 Å². The maximum atomic E-state index is 5.94. The van der Waals surface area contributed by atoms with Crippen LogP contribution in [0.25, 0.3) is 0 Å². The van der Waals surface area contributed by atoms with Crippen molar-refractivity contribution < 1.29 is 4.74 Å². The predicted molar refractivity (Wildman–Crippen MR) is 97.2 cm³/mol. The molecule has 1 aliphatic heterocycles. The molecule has 1 heterocycles. The molecule has 0 aromatic heterocycles. The summed E-state index contributed by atoms with van der Waals surface area (Å²) in [5.74, 6) is 2.01. The number of hydrogen-bond acceptors (Lipinski definition) is 2. The molecule has 23 heavy (non-hydrogen) atoms. The van der Waals surface area contributed by atoms with Crippen molar-refractivity contribution in [1.29, 1.82) is 0 Å². The Hall–Kier alpha value is -1.02. The Morgan fingerprint density at radius 3 is 2.78 bits per heavy atom. The molecule has 1 aromatic rings. The normalized spacial score (nSPS) is 25.7. The first-order valence-corrected chi connectivity index (χ1v) is 9.61. The minimum absolute atomic E-state index is 0.242. The Bertz CT molecular complexity index is 508. The maximum Gasteiger partial charge on any atom is 0.119 e. The molecule has 2 nitrogen and oxygen atoms in total. The Morgan fingerprint density at radius 2 is 2.13 bits per heavy atom. The topological polar surface area (TPSA) is 12.5 Å². The van der Waals surface area contributed by atoms with Gasteiger partial charge in [-0.05, 0) is 69.7 Å². The molecule has 0 N–H and O–H groups in total. The highest BCUT2D eigenvalue weighted by atomic mass is 16.5. The third-order valence-corrected chi connectivity index (χ3v) is 5.72. The van der Waals surface area contributed by atoms with Gasteiger partial charge in [-0.1, -0.05) is 31.9 Å². The average Bonchev–Trinajstić information content (AvgIpc) is 2.87. The van der Waals surface area contributed by atoms with E-state index in [0.29, 0.717) is 5.41 Å². The van der Waals surface area contributed by atoms with Crippen LogP contribution in [0.5, 0.6) is 5.75 Å². The van der Waals surface area contributed by atoms with Crippen molar-refractivity contribution in [1.82, 2.24) is 4.90 Å². The molecular weight excluding hydrogens is 282 g/mol. The number of ether oxygens (including phenoxy) is 1. The molecule has 1 atom stereocenters. The van der Waals surface area contributed by atoms with Crippen molar-refractivity contribution in [3.05, 3.63) is 29.8 Å². The minimum Gasteiger partial charge on any atom is -0.491 e. The van der Waals surface area contributed by atoms with Crippen LogP contribution in [0.1, 0.15) is 64.9 Å². The smallest absolute Gasteiger partial charge is 0.119 e. The van der Waals surface area contributed by atoms with Gasteiger partial charge in [0.1, 0.15) is 5.75 Å². The third-order valence-electron chi connectivity index (χ3n) is 5.72. The molecule has 0 amide bonds. The van der Waals surface area contributed by atoms with Gasteiger partial charge in [0.15, 0.2) is 0 Å². The zero-order chi connectivity index (χ0) is 16.3. The van der Waals surface area contributed by atoms with Crippen LogP contribution in [0, 0.1) is 5.92 Å². The lowest BCUT2D eigenvalue weighted by molar-refractivity contribution is 0.195. The minimum atomic E-state index is 0.242. The average molecular weight is 316 g/mol. The predicted octanol–water partition coefficient (Wildman–Crippen LogP) is 5.02. The van der Waals surface area contributed by atoms with Gasteiger partial charge in [-0.2, -0.15) is 0 Å². The first kappa shape index (κ1) is 16.8. The Balaban J connectivity index is 1.75. The summed E-state index contributed by atoms with van der Waals surface area (Å²) in [6, 6.07) is 8.92. The van der Waals surface area contributed by atoms with Gasteiger partial charge in [0.25, 0.3) is 0 Å². The fraction of sp³-hybridized carbons (Fsp3) is 0.714. The monoisotopic (exact) mass is 315 g/mol. The van der Waals surface area contributed by atoms with Crippen molar-refractivity contribution in [3.8, 4) is 5.75 Å². The molecule has 1 saturated carbocycles. The Labute approximate surface area is 142 Å². The molecular formula is C21H33NO. The largest absolute Gasteiger partial charge is 0.491 e. The first-order valence-electron chi connectivity index (χ1n) is 9.61. The molecule has 1 saturated heterocycles. The number of rotatable bonds is 7. The number of hydrogen-bond donors (Lipinski definition) is 0. The second-order valence-corrected chi connectivity index (χ2v) is 8.01. The van der Waals surface area contributed by atoms with E-state index in [2.05, 4.69) is 49.9 Å². The van der Waals surface area contributed by atoms with Crippen molar-refractivity contribution in [3.63, 3.8) is 0 Å². The SMILES string of the molecule is CCCC1(c2cccc(OC(C)C)c2)CCN(CC2CCC2)C1. The van der Waals surface area contributed by atoms with Gasteiger partial charge in [0.05, 0.1) is 6.10 Å². The fourth-order valence-corrected chi connectivity index (χ4v) is 4.39. The zero-order valence-electron chi connectivity index (χ0n) is 15.2. The van der Waals surface area contributed by atoms with Crippen LogP contribution >= 0.6 is 0 Å². The molecule has 1 aromatic carbocycles. The van der Waals surface area contributed by atoms with Crippen LogP contribution in [0.3, 0.4) is 0 Å². The molecule has 0 bridgehead atoms. The van der Waals surface area contributed by atoms with Crippen LogP contribution in [-0.2, 0) is 5.41 Å². The van der Waals surface area contributed by atoms with E-state index in [1.165, 1.54) is 63.7 Å². The summed E-state index contributed by atoms with van der Waals surface area (Å²) in [6.45, 7) is 10.4. The second-order valence-electron chi connectivity index (χ2n) is 8.01. The van der Waals surface area contributed by atoms with E-state index < -0.39 is 0 Å². The van der Waals surface area contributed by atoms with E-state index in [1.54, 1.807) is 0 Å². The summed E-state index contributed by atoms with van der Waals surface area (Å²) in [5.41, 5.74) is 1.84. The van der Waals surface area contributed by atoms with Crippen LogP contribution < -0.4 is 4.74 Å². The van der Waals surface area contributed by atoms with Crippen LogP contribution in [0.4, 0.5) is 0 Å². The van der Waals surface area contributed by atoms with E-state index >= 15 is 0 Å². The number of benzene rings is 1. The summed E-state index contributed by atoms with van der Waals surface area (Å²) in [5, 5.41) is 0. The fourth-order valence-electron chi connectivity index (χ4n) is 4.39. The summed E-state index contributed by atoms with van der Waals surface area (Å²) < 4.78 is 5.94. The van der Waals surface area contributed by atoms with Gasteiger partial charge in [0.2, 0.25) is 0 Å². The standard InChI is InChI=1S/C21H33NO/c1-4-11-21(12-13-22(16-21)15-18-7-5-8-18)19-9-6-10-20(14-19)23-17(2)3/h6,9-10,14,17-18H,4-5,7-8,11-13,15-16H2,1-3H3. The van der Waals surface area contributed by atoms with Gasteiger partial charge >= 0.3 is 0 Å². The summed E-state index contributed by atoms with van der Waals surface area (Å²) in [7, 11) is 0. The molecule has 2 fully saturated rings. The molecule has 1 unspecified atom stereocenters. The molecule has 0 spiro atoms. The van der Waals surface area contributed by atoms with Gasteiger partial charge in [-0.15, -0.1) is 0 Å². The summed E-state index contributed by atoms with van der Waals surface area (Å²) >= 11 is 0. The molecule has 0 radical (unpaired) electrons. The quantitative estimate of drug-likeness (QED) is 0.700. The lowest BCUT2D eigenvalue weighted by Gasteiger charge is -2.33. The van der Waals surface area contributed by atoms with E-state index in [0.717, 1.165) is 11.7 Å². The second kappa shape index (κ2) is 7.25. The molecule has 3 rings (SSSR count). The first-order chi connectivity index (χ1) is 11.1. The highest BCUT2D eigenvalue weighted by molar-refractivity contribution is 5.35. The third kappa shape index (κ3) is 3.91. The highest BCUT2D eigenvalue weighted by Crippen LogP contribution is 2.41. The number of likely N-dealkylation sites (tertiary alicyclic amines) is 1. The van der Waals surface area contributed by atoms with Crippen molar-refractivity contribution >= 4 is 0 Å². The van der Waals surface area contributed by atoms with Crippen molar-refractivity contribution in [2.75, 3.05) is 19.6 Å². The van der Waals surface area contributed by atoms with Crippen molar-refractivity contribution in [2.45, 2.75) is 70.8 Å². The van der Waals surface area contributed by atoms with Gasteiger partial charge < -0.3 is 9.64 Å². The highest BCUT2D eigenvalue weighted by Gasteiger charge is 2.39. The van der Waals surface area contributed by atoms with Gasteiger partial charge in [0, 0.05) is 18.5 Å². The van der Waals surface area contributed by atoms with Gasteiger partial charge in [-0.3, -0.25) is 0 Å². The van der Waals surface area contributed by atoms with Crippen LogP contribution in [-0.4, -0.2) is 30.6 Å².